The van der Waals surface area contributed by atoms with Gasteiger partial charge in [0.2, 0.25) is 0 Å². The highest BCUT2D eigenvalue weighted by atomic mass is 32.2. The molecule has 0 spiro atoms. The summed E-state index contributed by atoms with van der Waals surface area (Å²) in [6.07, 6.45) is 7.38. The zero-order chi connectivity index (χ0) is 24.6. The smallest absolute Gasteiger partial charge is 0.264 e. The number of rotatable bonds is 8. The minimum Gasteiger partial charge on any atom is -0.493 e. The number of hydrogen-bond donors (Lipinski definition) is 1. The number of nitrogens with one attached hydrogen (secondary N) is 1. The number of amides is 1. The molecular weight excluding hydrogens is 454 g/mol. The van der Waals surface area contributed by atoms with Crippen molar-refractivity contribution in [2.24, 2.45) is 5.10 Å². The molecule has 0 unspecified atom stereocenters. The zero-order valence-electron chi connectivity index (χ0n) is 20.0. The number of aryl methyl sites for hydroxylation is 1. The number of ether oxygens (including phenoxy) is 2. The molecule has 1 N–H and O–H groups in total. The minimum absolute atomic E-state index is 0.00939. The van der Waals surface area contributed by atoms with E-state index in [1.54, 1.807) is 24.3 Å². The fourth-order valence-electron chi connectivity index (χ4n) is 3.86. The van der Waals surface area contributed by atoms with Gasteiger partial charge in [0, 0.05) is 11.8 Å². The first-order valence-corrected chi connectivity index (χ1v) is 12.9. The fourth-order valence-corrected chi connectivity index (χ4v) is 5.30. The molecule has 0 atom stereocenters. The lowest BCUT2D eigenvalue weighted by atomic mass is 9.99. The number of carbonyl (C=O) groups excluding carboxylic acids is 1. The van der Waals surface area contributed by atoms with E-state index >= 15 is 0 Å². The van der Waals surface area contributed by atoms with Crippen LogP contribution < -0.4 is 19.2 Å². The predicted octanol–water partition coefficient (Wildman–Crippen LogP) is 4.42. The van der Waals surface area contributed by atoms with Crippen LogP contribution in [0.3, 0.4) is 0 Å². The molecule has 0 heterocycles. The molecule has 0 aromatic heterocycles. The van der Waals surface area contributed by atoms with Crippen molar-refractivity contribution in [2.75, 3.05) is 25.1 Å². The van der Waals surface area contributed by atoms with Gasteiger partial charge in [-0.3, -0.25) is 9.10 Å². The van der Waals surface area contributed by atoms with Gasteiger partial charge >= 0.3 is 0 Å². The number of sulfonamides is 1. The van der Waals surface area contributed by atoms with Crippen LogP contribution in [0.2, 0.25) is 0 Å². The second-order valence-corrected chi connectivity index (χ2v) is 10.2. The van der Waals surface area contributed by atoms with Crippen LogP contribution in [0.15, 0.2) is 52.5 Å². The van der Waals surface area contributed by atoms with Crippen LogP contribution in [0, 0.1) is 6.92 Å². The Bertz CT molecular complexity index is 1100. The number of hydrogen-bond acceptors (Lipinski definition) is 6. The number of anilines is 1. The topological polar surface area (TPSA) is 97.3 Å². The van der Waals surface area contributed by atoms with Gasteiger partial charge in [-0.1, -0.05) is 37.0 Å². The van der Waals surface area contributed by atoms with Crippen molar-refractivity contribution in [3.8, 4) is 11.5 Å². The Balaban J connectivity index is 1.88. The molecule has 2 aromatic carbocycles. The van der Waals surface area contributed by atoms with Crippen molar-refractivity contribution in [1.82, 2.24) is 5.43 Å². The highest BCUT2D eigenvalue weighted by Crippen LogP contribution is 2.32. The molecule has 3 rings (SSSR count). The first-order chi connectivity index (χ1) is 16.3. The second-order valence-electron chi connectivity index (χ2n) is 8.34. The monoisotopic (exact) mass is 487 g/mol. The third-order valence-electron chi connectivity index (χ3n) is 5.82. The Hall–Kier alpha value is -3.07. The zero-order valence-corrected chi connectivity index (χ0v) is 20.9. The van der Waals surface area contributed by atoms with E-state index in [9.17, 15) is 13.2 Å². The van der Waals surface area contributed by atoms with Crippen LogP contribution in [0.5, 0.6) is 11.5 Å². The largest absolute Gasteiger partial charge is 0.493 e. The van der Waals surface area contributed by atoms with Gasteiger partial charge in [0.1, 0.15) is 6.54 Å². The highest BCUT2D eigenvalue weighted by molar-refractivity contribution is 7.92. The summed E-state index contributed by atoms with van der Waals surface area (Å²) >= 11 is 0. The van der Waals surface area contributed by atoms with Gasteiger partial charge in [-0.05, 0) is 56.9 Å². The van der Waals surface area contributed by atoms with Crippen molar-refractivity contribution in [3.63, 3.8) is 0 Å². The first kappa shape index (κ1) is 25.6. The summed E-state index contributed by atoms with van der Waals surface area (Å²) < 4.78 is 38.8. The van der Waals surface area contributed by atoms with E-state index in [-0.39, 0.29) is 10.6 Å². The first-order valence-electron chi connectivity index (χ1n) is 11.5. The maximum atomic E-state index is 13.6. The molecule has 0 saturated heterocycles. The molecule has 1 saturated carbocycles. The van der Waals surface area contributed by atoms with E-state index in [2.05, 4.69) is 10.5 Å². The lowest BCUT2D eigenvalue weighted by Crippen LogP contribution is -2.39. The quantitative estimate of drug-likeness (QED) is 0.556. The molecular formula is C25H33N3O5S. The molecule has 0 aliphatic heterocycles. The van der Waals surface area contributed by atoms with Crippen LogP contribution >= 0.6 is 0 Å². The number of methoxy groups -OCH3 is 2. The molecule has 0 radical (unpaired) electrons. The molecule has 9 heteroatoms. The van der Waals surface area contributed by atoms with Crippen LogP contribution in [0.1, 0.15) is 50.5 Å². The van der Waals surface area contributed by atoms with Gasteiger partial charge in [-0.25, -0.2) is 13.8 Å². The average molecular weight is 488 g/mol. The average Bonchev–Trinajstić information content (AvgIpc) is 2.82. The molecule has 184 valence electrons. The maximum absolute atomic E-state index is 13.6. The van der Waals surface area contributed by atoms with Gasteiger partial charge in [-0.15, -0.1) is 0 Å². The second kappa shape index (κ2) is 11.9. The SMILES string of the molecule is COc1ccc(S(=O)(=O)N(CC(=O)NN=C2CCCCCCC2)c2ccc(C)cc2)cc1OC. The van der Waals surface area contributed by atoms with Gasteiger partial charge in [-0.2, -0.15) is 5.10 Å². The molecule has 0 bridgehead atoms. The third-order valence-corrected chi connectivity index (χ3v) is 7.59. The van der Waals surface area contributed by atoms with Gasteiger partial charge in [0.15, 0.2) is 11.5 Å². The maximum Gasteiger partial charge on any atom is 0.264 e. The summed E-state index contributed by atoms with van der Waals surface area (Å²) in [6.45, 7) is 1.51. The molecule has 1 aliphatic rings. The molecule has 1 amide bonds. The fraction of sp³-hybridized carbons (Fsp3) is 0.440. The lowest BCUT2D eigenvalue weighted by Gasteiger charge is -2.24. The Morgan fingerprint density at radius 3 is 2.18 bits per heavy atom. The third kappa shape index (κ3) is 6.50. The van der Waals surface area contributed by atoms with Crippen molar-refractivity contribution in [2.45, 2.75) is 56.8 Å². The Morgan fingerprint density at radius 2 is 1.56 bits per heavy atom. The number of benzene rings is 2. The normalized spacial score (nSPS) is 14.5. The summed E-state index contributed by atoms with van der Waals surface area (Å²) in [7, 11) is -1.17. The van der Waals surface area contributed by atoms with Gasteiger partial charge in [0.05, 0.1) is 24.8 Å². The Labute approximate surface area is 202 Å². The van der Waals surface area contributed by atoms with E-state index in [1.807, 2.05) is 6.92 Å². The van der Waals surface area contributed by atoms with Crippen LogP contribution in [-0.4, -0.2) is 40.8 Å². The molecule has 1 aliphatic carbocycles. The van der Waals surface area contributed by atoms with Crippen LogP contribution in [-0.2, 0) is 14.8 Å². The van der Waals surface area contributed by atoms with E-state index in [4.69, 9.17) is 9.47 Å². The summed E-state index contributed by atoms with van der Waals surface area (Å²) in [4.78, 5) is 12.8. The molecule has 34 heavy (non-hydrogen) atoms. The number of hydrazone groups is 1. The predicted molar refractivity (Wildman–Crippen MR) is 133 cm³/mol. The summed E-state index contributed by atoms with van der Waals surface area (Å²) in [6, 6.07) is 11.3. The number of nitrogens with zero attached hydrogens (tertiary/aromatic N) is 2. The highest BCUT2D eigenvalue weighted by Gasteiger charge is 2.28. The summed E-state index contributed by atoms with van der Waals surface area (Å²) in [5.74, 6) is 0.197. The summed E-state index contributed by atoms with van der Waals surface area (Å²) in [5.41, 5.74) is 4.89. The van der Waals surface area contributed by atoms with Gasteiger partial charge < -0.3 is 9.47 Å². The van der Waals surface area contributed by atoms with Crippen LogP contribution in [0.4, 0.5) is 5.69 Å². The van der Waals surface area contributed by atoms with E-state index in [1.165, 1.54) is 38.8 Å². The van der Waals surface area contributed by atoms with E-state index < -0.39 is 22.5 Å². The van der Waals surface area contributed by atoms with Crippen molar-refractivity contribution < 1.29 is 22.7 Å². The minimum atomic E-state index is -4.08. The molecule has 1 fully saturated rings. The van der Waals surface area contributed by atoms with Crippen molar-refractivity contribution in [1.29, 1.82) is 0 Å². The molecule has 2 aromatic rings. The Kier molecular flexibility index (Phi) is 8.92. The van der Waals surface area contributed by atoms with E-state index in [0.717, 1.165) is 54.1 Å². The van der Waals surface area contributed by atoms with Crippen molar-refractivity contribution >= 4 is 27.3 Å². The van der Waals surface area contributed by atoms with Gasteiger partial charge in [0.25, 0.3) is 15.9 Å². The standard InChI is InChI=1S/C25H33N3O5S/c1-19-11-13-21(14-12-19)28(18-25(29)27-26-20-9-7-5-4-6-8-10-20)34(30,31)22-15-16-23(32-2)24(17-22)33-3/h11-17H,4-10,18H2,1-3H3,(H,27,29). The molecule has 8 nitrogen and oxygen atoms in total. The lowest BCUT2D eigenvalue weighted by molar-refractivity contribution is -0.119. The summed E-state index contributed by atoms with van der Waals surface area (Å²) in [5, 5.41) is 4.31. The van der Waals surface area contributed by atoms with Crippen LogP contribution in [0.25, 0.3) is 0 Å². The van der Waals surface area contributed by atoms with E-state index in [0.29, 0.717) is 11.4 Å². The Morgan fingerprint density at radius 1 is 0.941 bits per heavy atom. The van der Waals surface area contributed by atoms with Crippen molar-refractivity contribution in [3.05, 3.63) is 48.0 Å². The number of carbonyl (C=O) groups is 1.